The van der Waals surface area contributed by atoms with Gasteiger partial charge in [0.1, 0.15) is 12.6 Å². The van der Waals surface area contributed by atoms with Gasteiger partial charge in [0.05, 0.1) is 17.0 Å². The third kappa shape index (κ3) is 11.5. The van der Waals surface area contributed by atoms with E-state index in [1.54, 1.807) is 24.3 Å². The summed E-state index contributed by atoms with van der Waals surface area (Å²) in [5, 5.41) is 27.6. The first-order valence-corrected chi connectivity index (χ1v) is 18.2. The number of nitrogens with zero attached hydrogens (tertiary/aromatic N) is 3. The highest BCUT2D eigenvalue weighted by Crippen LogP contribution is 2.21. The number of hydrogen-bond donors (Lipinski definition) is 3. The zero-order valence-corrected chi connectivity index (χ0v) is 28.6. The summed E-state index contributed by atoms with van der Waals surface area (Å²) in [6.45, 7) is 3.41. The van der Waals surface area contributed by atoms with Crippen LogP contribution in [0.3, 0.4) is 0 Å². The zero-order chi connectivity index (χ0) is 34.4. The fourth-order valence-corrected chi connectivity index (χ4v) is 7.26. The molecule has 0 saturated heterocycles. The van der Waals surface area contributed by atoms with Crippen LogP contribution in [0.2, 0.25) is 0 Å². The van der Waals surface area contributed by atoms with Gasteiger partial charge in [0.15, 0.2) is 0 Å². The Morgan fingerprint density at radius 1 is 0.894 bits per heavy atom. The average Bonchev–Trinajstić information content (AvgIpc) is 3.04. The summed E-state index contributed by atoms with van der Waals surface area (Å²) in [6.07, 6.45) is -0.309. The molecule has 47 heavy (non-hydrogen) atoms. The molecule has 3 atom stereocenters. The molecule has 3 rings (SSSR count). The number of carbonyl (C=O) groups excluding carboxylic acids is 1. The summed E-state index contributed by atoms with van der Waals surface area (Å²) in [4.78, 5) is 38.2. The van der Waals surface area contributed by atoms with Crippen LogP contribution >= 0.6 is 11.8 Å². The molecule has 3 aromatic carbocycles. The van der Waals surface area contributed by atoms with Gasteiger partial charge in [-0.25, -0.2) is 13.2 Å². The molecule has 2 amide bonds. The minimum Gasteiger partial charge on any atom is -0.465 e. The lowest BCUT2D eigenvalue weighted by molar-refractivity contribution is -0.127. The highest BCUT2D eigenvalue weighted by Gasteiger charge is 2.35. The molecule has 0 saturated carbocycles. The highest BCUT2D eigenvalue weighted by atomic mass is 32.2. The summed E-state index contributed by atoms with van der Waals surface area (Å²) in [6, 6.07) is 22.0. The van der Waals surface area contributed by atoms with Crippen LogP contribution in [0.4, 0.5) is 4.79 Å². The number of rotatable bonds is 19. The first-order chi connectivity index (χ1) is 22.5. The Morgan fingerprint density at radius 3 is 2.02 bits per heavy atom. The second kappa shape index (κ2) is 18.5. The van der Waals surface area contributed by atoms with E-state index in [1.165, 1.54) is 40.3 Å². The van der Waals surface area contributed by atoms with Crippen LogP contribution < -0.4 is 5.32 Å². The number of carbonyl (C=O) groups is 2. The van der Waals surface area contributed by atoms with Crippen molar-refractivity contribution in [2.45, 2.75) is 62.9 Å². The van der Waals surface area contributed by atoms with Gasteiger partial charge in [-0.15, -0.1) is 0 Å². The Balaban J connectivity index is 1.93. The summed E-state index contributed by atoms with van der Waals surface area (Å²) in [7, 11) is -4.08. The van der Waals surface area contributed by atoms with E-state index in [2.05, 4.69) is 10.5 Å². The van der Waals surface area contributed by atoms with E-state index in [0.717, 1.165) is 16.0 Å². The van der Waals surface area contributed by atoms with Gasteiger partial charge in [-0.1, -0.05) is 91.8 Å². The quantitative estimate of drug-likeness (QED) is 0.149. The number of hydrogen-bond acceptors (Lipinski definition) is 8. The van der Waals surface area contributed by atoms with Crippen LogP contribution in [-0.2, 0) is 34.3 Å². The van der Waals surface area contributed by atoms with Crippen molar-refractivity contribution in [3.8, 4) is 0 Å². The van der Waals surface area contributed by atoms with Crippen LogP contribution in [0.5, 0.6) is 0 Å². The summed E-state index contributed by atoms with van der Waals surface area (Å²) in [5.74, 6) is -0.143. The number of aliphatic hydroxyl groups is 1. The molecule has 0 aliphatic rings. The smallest absolute Gasteiger partial charge is 0.408 e. The first kappa shape index (κ1) is 37.7. The van der Waals surface area contributed by atoms with Crippen LogP contribution in [-0.4, -0.2) is 83.1 Å². The lowest BCUT2D eigenvalue weighted by atomic mass is 10.00. The Kier molecular flexibility index (Phi) is 14.9. The first-order valence-electron chi connectivity index (χ1n) is 15.4. The van der Waals surface area contributed by atoms with Crippen molar-refractivity contribution < 1.29 is 28.2 Å². The summed E-state index contributed by atoms with van der Waals surface area (Å²) < 4.78 is 28.8. The Bertz CT molecular complexity index is 1530. The summed E-state index contributed by atoms with van der Waals surface area (Å²) >= 11 is 1.49. The average molecular weight is 685 g/mol. The highest BCUT2D eigenvalue weighted by molar-refractivity contribution is 7.98. The molecule has 11 nitrogen and oxygen atoms in total. The van der Waals surface area contributed by atoms with Gasteiger partial charge in [-0.3, -0.25) is 9.69 Å². The van der Waals surface area contributed by atoms with Crippen LogP contribution in [0.1, 0.15) is 37.0 Å². The van der Waals surface area contributed by atoms with E-state index >= 15 is 0 Å². The number of benzene rings is 3. The second-order valence-corrected chi connectivity index (χ2v) is 14.6. The zero-order valence-electron chi connectivity index (χ0n) is 26.9. The molecule has 13 heteroatoms. The van der Waals surface area contributed by atoms with Gasteiger partial charge in [0, 0.05) is 19.6 Å². The largest absolute Gasteiger partial charge is 0.465 e. The summed E-state index contributed by atoms with van der Waals surface area (Å²) in [5.41, 5.74) is 2.09. The normalized spacial score (nSPS) is 13.6. The molecular weight excluding hydrogens is 641 g/mol. The molecule has 0 radical (unpaired) electrons. The Labute approximate surface area is 281 Å². The van der Waals surface area contributed by atoms with Crippen LogP contribution in [0.25, 0.3) is 0 Å². The number of nitroso groups, excluding NO2 is 1. The maximum atomic E-state index is 14.0. The molecule has 0 aromatic heterocycles. The third-order valence-electron chi connectivity index (χ3n) is 7.57. The molecule has 0 bridgehead atoms. The Hall–Kier alpha value is -3.78. The molecule has 0 heterocycles. The maximum absolute atomic E-state index is 14.0. The molecule has 0 aliphatic carbocycles. The fourth-order valence-electron chi connectivity index (χ4n) is 5.18. The standard InChI is InChI=1S/C34H44N4O7S2/c1-25(2)22-37(47(44,45)29-16-14-27(15-17-29)21-35-43)24-32(39)30(20-26-10-6-4-7-11-26)36-33(40)31(18-19-46-3)38(34(41)42)23-28-12-8-5-9-13-28/h4-17,25,30-32,39H,18-24H2,1-3H3,(H,36,40)(H,41,42)/t30-,31-,32+/m0/s1. The van der Waals surface area contributed by atoms with E-state index in [-0.39, 0.29) is 49.8 Å². The molecule has 0 spiro atoms. The van der Waals surface area contributed by atoms with Crippen molar-refractivity contribution in [1.82, 2.24) is 14.5 Å². The number of sulfonamides is 1. The Morgan fingerprint density at radius 2 is 1.49 bits per heavy atom. The minimum atomic E-state index is -4.08. The van der Waals surface area contributed by atoms with Gasteiger partial charge >= 0.3 is 6.09 Å². The molecule has 3 N–H and O–H groups in total. The molecule has 3 aromatic rings. The number of thioether (sulfide) groups is 1. The number of carboxylic acid groups (broad SMARTS) is 1. The number of amides is 2. The molecular formula is C34H44N4O7S2. The predicted molar refractivity (Wildman–Crippen MR) is 184 cm³/mol. The van der Waals surface area contributed by atoms with Crippen molar-refractivity contribution in [3.63, 3.8) is 0 Å². The molecule has 254 valence electrons. The predicted octanol–water partition coefficient (Wildman–Crippen LogP) is 4.99. The van der Waals surface area contributed by atoms with Crippen molar-refractivity contribution in [2.75, 3.05) is 25.1 Å². The fraction of sp³-hybridized carbons (Fsp3) is 0.412. The third-order valence-corrected chi connectivity index (χ3v) is 10.1. The van der Waals surface area contributed by atoms with Gasteiger partial charge in [-0.05, 0) is 59.6 Å². The van der Waals surface area contributed by atoms with Crippen molar-refractivity contribution in [1.29, 1.82) is 0 Å². The topological polar surface area (TPSA) is 157 Å². The van der Waals surface area contributed by atoms with E-state index in [9.17, 15) is 33.1 Å². The van der Waals surface area contributed by atoms with Crippen molar-refractivity contribution >= 4 is 33.8 Å². The lowest BCUT2D eigenvalue weighted by Crippen LogP contribution is -2.56. The minimum absolute atomic E-state index is 0.00112. The van der Waals surface area contributed by atoms with Crippen LogP contribution in [0, 0.1) is 10.8 Å². The molecule has 0 aliphatic heterocycles. The molecule has 0 fully saturated rings. The number of aliphatic hydroxyl groups excluding tert-OH is 1. The van der Waals surface area contributed by atoms with Gasteiger partial charge < -0.3 is 15.5 Å². The molecule has 0 unspecified atom stereocenters. The second-order valence-electron chi connectivity index (χ2n) is 11.7. The van der Waals surface area contributed by atoms with Crippen molar-refractivity contribution in [3.05, 3.63) is 107 Å². The van der Waals surface area contributed by atoms with E-state index < -0.39 is 40.2 Å². The monoisotopic (exact) mass is 684 g/mol. The lowest BCUT2D eigenvalue weighted by Gasteiger charge is -2.33. The van der Waals surface area contributed by atoms with Gasteiger partial charge in [-0.2, -0.15) is 21.0 Å². The van der Waals surface area contributed by atoms with E-state index in [0.29, 0.717) is 11.3 Å². The van der Waals surface area contributed by atoms with Crippen molar-refractivity contribution in [2.24, 2.45) is 11.1 Å². The maximum Gasteiger partial charge on any atom is 0.408 e. The van der Waals surface area contributed by atoms with E-state index in [4.69, 9.17) is 0 Å². The van der Waals surface area contributed by atoms with E-state index in [1.807, 2.05) is 56.5 Å². The van der Waals surface area contributed by atoms with Crippen LogP contribution in [0.15, 0.2) is 95.0 Å². The van der Waals surface area contributed by atoms with Gasteiger partial charge in [0.25, 0.3) is 0 Å². The van der Waals surface area contributed by atoms with Gasteiger partial charge in [0.2, 0.25) is 15.9 Å². The SMILES string of the molecule is CSCC[C@@H](C(=O)N[C@@H](Cc1ccccc1)[C@H](O)CN(CC(C)C)S(=O)(=O)c1ccc(CN=O)cc1)N(Cc1ccccc1)C(=O)O. The number of nitrogens with one attached hydrogen (secondary N) is 1.